The first-order valence-corrected chi connectivity index (χ1v) is 7.63. The highest BCUT2D eigenvalue weighted by molar-refractivity contribution is 9.10. The second kappa shape index (κ2) is 9.54. The van der Waals surface area contributed by atoms with Crippen LogP contribution in [0, 0.1) is 0 Å². The van der Waals surface area contributed by atoms with E-state index in [1.54, 1.807) is 0 Å². The van der Waals surface area contributed by atoms with Gasteiger partial charge < -0.3 is 10.1 Å². The normalized spacial score (nSPS) is 10.8. The summed E-state index contributed by atoms with van der Waals surface area (Å²) in [6, 6.07) is 6.51. The Bertz CT molecular complexity index is 341. The summed E-state index contributed by atoms with van der Waals surface area (Å²) >= 11 is 3.62. The van der Waals surface area contributed by atoms with Crippen LogP contribution in [0.3, 0.4) is 0 Å². The summed E-state index contributed by atoms with van der Waals surface area (Å²) in [7, 11) is 0. The summed E-state index contributed by atoms with van der Waals surface area (Å²) in [5.41, 5.74) is 2.54. The lowest BCUT2D eigenvalue weighted by Crippen LogP contribution is -2.13. The molecule has 0 radical (unpaired) electrons. The minimum absolute atomic E-state index is 0.698. The van der Waals surface area contributed by atoms with E-state index in [4.69, 9.17) is 4.74 Å². The van der Waals surface area contributed by atoms with E-state index >= 15 is 0 Å². The zero-order chi connectivity index (χ0) is 13.2. The molecule has 0 saturated heterocycles. The van der Waals surface area contributed by atoms with Crippen molar-refractivity contribution < 1.29 is 4.74 Å². The van der Waals surface area contributed by atoms with E-state index in [-0.39, 0.29) is 0 Å². The van der Waals surface area contributed by atoms with E-state index in [2.05, 4.69) is 53.3 Å². The molecule has 1 aromatic rings. The number of halogens is 1. The molecule has 18 heavy (non-hydrogen) atoms. The largest absolute Gasteiger partial charge is 0.377 e. The van der Waals surface area contributed by atoms with Crippen LogP contribution in [0.4, 0.5) is 0 Å². The van der Waals surface area contributed by atoms with Crippen molar-refractivity contribution >= 4 is 15.9 Å². The average molecular weight is 314 g/mol. The highest BCUT2D eigenvalue weighted by Gasteiger charge is 2.02. The van der Waals surface area contributed by atoms with E-state index in [9.17, 15) is 0 Å². The SMILES string of the molecule is CCCCOCc1ccc(CNCCC)cc1Br. The maximum Gasteiger partial charge on any atom is 0.0727 e. The molecule has 3 heteroatoms. The van der Waals surface area contributed by atoms with Gasteiger partial charge in [-0.25, -0.2) is 0 Å². The van der Waals surface area contributed by atoms with E-state index in [0.717, 1.165) is 30.6 Å². The fraction of sp³-hybridized carbons (Fsp3) is 0.600. The van der Waals surface area contributed by atoms with Crippen molar-refractivity contribution in [1.29, 1.82) is 0 Å². The Morgan fingerprint density at radius 1 is 1.22 bits per heavy atom. The molecule has 0 heterocycles. The molecule has 0 atom stereocenters. The van der Waals surface area contributed by atoms with E-state index < -0.39 is 0 Å². The van der Waals surface area contributed by atoms with Gasteiger partial charge in [-0.05, 0) is 36.6 Å². The minimum Gasteiger partial charge on any atom is -0.377 e. The standard InChI is InChI=1S/C15H24BrNO/c1-3-5-9-18-12-14-7-6-13(10-15(14)16)11-17-8-4-2/h6-7,10,17H,3-5,8-9,11-12H2,1-2H3. The van der Waals surface area contributed by atoms with Crippen LogP contribution in [0.5, 0.6) is 0 Å². The van der Waals surface area contributed by atoms with E-state index in [0.29, 0.717) is 6.61 Å². The van der Waals surface area contributed by atoms with Crippen molar-refractivity contribution in [2.45, 2.75) is 46.3 Å². The Morgan fingerprint density at radius 2 is 2.06 bits per heavy atom. The van der Waals surface area contributed by atoms with Crippen LogP contribution < -0.4 is 5.32 Å². The van der Waals surface area contributed by atoms with E-state index in [1.165, 1.54) is 24.0 Å². The highest BCUT2D eigenvalue weighted by Crippen LogP contribution is 2.19. The number of hydrogen-bond acceptors (Lipinski definition) is 2. The Morgan fingerprint density at radius 3 is 2.72 bits per heavy atom. The lowest BCUT2D eigenvalue weighted by molar-refractivity contribution is 0.117. The lowest BCUT2D eigenvalue weighted by atomic mass is 10.1. The van der Waals surface area contributed by atoms with Crippen LogP contribution in [-0.4, -0.2) is 13.2 Å². The summed E-state index contributed by atoms with van der Waals surface area (Å²) in [4.78, 5) is 0. The molecule has 0 saturated carbocycles. The lowest BCUT2D eigenvalue weighted by Gasteiger charge is -2.09. The Hall–Kier alpha value is -0.380. The van der Waals surface area contributed by atoms with Gasteiger partial charge in [-0.3, -0.25) is 0 Å². The predicted octanol–water partition coefficient (Wildman–Crippen LogP) is 4.27. The third-order valence-electron chi connectivity index (χ3n) is 2.77. The van der Waals surface area contributed by atoms with E-state index in [1.807, 2.05) is 0 Å². The number of benzene rings is 1. The number of rotatable bonds is 9. The third kappa shape index (κ3) is 5.98. The van der Waals surface area contributed by atoms with Crippen molar-refractivity contribution in [1.82, 2.24) is 5.32 Å². The molecule has 0 amide bonds. The topological polar surface area (TPSA) is 21.3 Å². The number of hydrogen-bond donors (Lipinski definition) is 1. The van der Waals surface area contributed by atoms with Gasteiger partial charge in [0.15, 0.2) is 0 Å². The highest BCUT2D eigenvalue weighted by atomic mass is 79.9. The van der Waals surface area contributed by atoms with Gasteiger partial charge in [0.2, 0.25) is 0 Å². The van der Waals surface area contributed by atoms with Crippen LogP contribution in [-0.2, 0) is 17.9 Å². The summed E-state index contributed by atoms with van der Waals surface area (Å²) in [5.74, 6) is 0. The molecule has 102 valence electrons. The van der Waals surface area contributed by atoms with Crippen LogP contribution in [0.25, 0.3) is 0 Å². The summed E-state index contributed by atoms with van der Waals surface area (Å²) in [5, 5.41) is 3.41. The molecular formula is C15H24BrNO. The summed E-state index contributed by atoms with van der Waals surface area (Å²) in [6.07, 6.45) is 3.49. The first kappa shape index (κ1) is 15.7. The van der Waals surface area contributed by atoms with Gasteiger partial charge in [-0.2, -0.15) is 0 Å². The Balaban J connectivity index is 2.41. The zero-order valence-corrected chi connectivity index (χ0v) is 13.1. The number of ether oxygens (including phenoxy) is 1. The molecule has 0 bridgehead atoms. The van der Waals surface area contributed by atoms with Gasteiger partial charge in [-0.1, -0.05) is 48.3 Å². The van der Waals surface area contributed by atoms with Crippen LogP contribution in [0.15, 0.2) is 22.7 Å². The maximum absolute atomic E-state index is 5.63. The van der Waals surface area contributed by atoms with Crippen molar-refractivity contribution in [2.24, 2.45) is 0 Å². The fourth-order valence-corrected chi connectivity index (χ4v) is 2.20. The summed E-state index contributed by atoms with van der Waals surface area (Å²) in [6.45, 7) is 7.91. The van der Waals surface area contributed by atoms with Crippen LogP contribution in [0.2, 0.25) is 0 Å². The van der Waals surface area contributed by atoms with Gasteiger partial charge >= 0.3 is 0 Å². The fourth-order valence-electron chi connectivity index (χ4n) is 1.66. The molecule has 1 rings (SSSR count). The second-order valence-electron chi connectivity index (χ2n) is 4.51. The zero-order valence-electron chi connectivity index (χ0n) is 11.5. The van der Waals surface area contributed by atoms with Gasteiger partial charge in [-0.15, -0.1) is 0 Å². The maximum atomic E-state index is 5.63. The summed E-state index contributed by atoms with van der Waals surface area (Å²) < 4.78 is 6.78. The van der Waals surface area contributed by atoms with Crippen LogP contribution >= 0.6 is 15.9 Å². The molecule has 0 aromatic heterocycles. The molecule has 1 aromatic carbocycles. The van der Waals surface area contributed by atoms with Crippen molar-refractivity contribution in [3.63, 3.8) is 0 Å². The minimum atomic E-state index is 0.698. The molecule has 1 N–H and O–H groups in total. The molecule has 0 aliphatic carbocycles. The molecule has 0 fully saturated rings. The molecule has 0 aliphatic rings. The number of nitrogens with one attached hydrogen (secondary N) is 1. The van der Waals surface area contributed by atoms with Gasteiger partial charge in [0, 0.05) is 17.6 Å². The third-order valence-corrected chi connectivity index (χ3v) is 3.51. The molecule has 2 nitrogen and oxygen atoms in total. The molecule has 0 spiro atoms. The van der Waals surface area contributed by atoms with Crippen molar-refractivity contribution in [3.8, 4) is 0 Å². The molecule has 0 unspecified atom stereocenters. The van der Waals surface area contributed by atoms with Gasteiger partial charge in [0.25, 0.3) is 0 Å². The predicted molar refractivity (Wildman–Crippen MR) is 80.7 cm³/mol. The second-order valence-corrected chi connectivity index (χ2v) is 5.36. The molecule has 0 aliphatic heterocycles. The first-order valence-electron chi connectivity index (χ1n) is 6.83. The van der Waals surface area contributed by atoms with Gasteiger partial charge in [0.05, 0.1) is 6.61 Å². The quantitative estimate of drug-likeness (QED) is 0.688. The molecular weight excluding hydrogens is 290 g/mol. The Labute approximate surface area is 119 Å². The van der Waals surface area contributed by atoms with Crippen LogP contribution in [0.1, 0.15) is 44.2 Å². The first-order chi connectivity index (χ1) is 8.77. The average Bonchev–Trinajstić information content (AvgIpc) is 2.37. The monoisotopic (exact) mass is 313 g/mol. The van der Waals surface area contributed by atoms with Gasteiger partial charge in [0.1, 0.15) is 0 Å². The number of unbranched alkanes of at least 4 members (excludes halogenated alkanes) is 1. The smallest absolute Gasteiger partial charge is 0.0727 e. The van der Waals surface area contributed by atoms with Crippen molar-refractivity contribution in [3.05, 3.63) is 33.8 Å². The van der Waals surface area contributed by atoms with Crippen molar-refractivity contribution in [2.75, 3.05) is 13.2 Å². The Kier molecular flexibility index (Phi) is 8.31.